The number of methoxy groups -OCH3 is 1. The van der Waals surface area contributed by atoms with Crippen LogP contribution in [0, 0.1) is 11.8 Å². The average molecular weight is 310 g/mol. The number of carbonyl (C=O) groups excluding carboxylic acids is 1. The van der Waals surface area contributed by atoms with Crippen molar-refractivity contribution >= 4 is 6.09 Å². The van der Waals surface area contributed by atoms with Gasteiger partial charge in [0.25, 0.3) is 0 Å². The minimum atomic E-state index is -0.161. The SMILES string of the molecule is CCCCC1CC(NCC2CCCCC2)CN(C(=O)OC)C1. The predicted octanol–water partition coefficient (Wildman–Crippen LogP) is 3.80. The number of unbranched alkanes of at least 4 members (excludes halogenated alkanes) is 1. The fourth-order valence-electron chi connectivity index (χ4n) is 4.06. The molecular formula is C18H34N2O2. The van der Waals surface area contributed by atoms with Crippen LogP contribution < -0.4 is 5.32 Å². The Hall–Kier alpha value is -0.770. The molecule has 2 rings (SSSR count). The van der Waals surface area contributed by atoms with E-state index in [1.165, 1.54) is 64.9 Å². The van der Waals surface area contributed by atoms with Gasteiger partial charge in [0.2, 0.25) is 0 Å². The van der Waals surface area contributed by atoms with E-state index in [9.17, 15) is 4.79 Å². The highest BCUT2D eigenvalue weighted by Gasteiger charge is 2.30. The molecule has 0 aromatic rings. The number of likely N-dealkylation sites (tertiary alicyclic amines) is 1. The number of rotatable bonds is 6. The normalized spacial score (nSPS) is 26.9. The summed E-state index contributed by atoms with van der Waals surface area (Å²) in [6.07, 6.45) is 11.7. The Morgan fingerprint density at radius 3 is 2.64 bits per heavy atom. The van der Waals surface area contributed by atoms with Gasteiger partial charge in [0.15, 0.2) is 0 Å². The largest absolute Gasteiger partial charge is 0.453 e. The van der Waals surface area contributed by atoms with Crippen molar-refractivity contribution in [2.75, 3.05) is 26.7 Å². The van der Waals surface area contributed by atoms with E-state index in [4.69, 9.17) is 4.74 Å². The molecule has 4 nitrogen and oxygen atoms in total. The first kappa shape index (κ1) is 17.6. The molecule has 0 radical (unpaired) electrons. The lowest BCUT2D eigenvalue weighted by Gasteiger charge is -2.38. The van der Waals surface area contributed by atoms with Crippen molar-refractivity contribution in [3.8, 4) is 0 Å². The first-order valence-electron chi connectivity index (χ1n) is 9.29. The third-order valence-corrected chi connectivity index (χ3v) is 5.36. The molecule has 2 atom stereocenters. The van der Waals surface area contributed by atoms with E-state index in [-0.39, 0.29) is 6.09 Å². The van der Waals surface area contributed by atoms with Crippen LogP contribution >= 0.6 is 0 Å². The smallest absolute Gasteiger partial charge is 0.409 e. The zero-order valence-electron chi connectivity index (χ0n) is 14.5. The number of hydrogen-bond donors (Lipinski definition) is 1. The van der Waals surface area contributed by atoms with E-state index >= 15 is 0 Å². The van der Waals surface area contributed by atoms with E-state index in [0.717, 1.165) is 25.6 Å². The van der Waals surface area contributed by atoms with Crippen molar-refractivity contribution < 1.29 is 9.53 Å². The number of carbonyl (C=O) groups is 1. The summed E-state index contributed by atoms with van der Waals surface area (Å²) in [5, 5.41) is 3.76. The van der Waals surface area contributed by atoms with Crippen LogP contribution in [0.4, 0.5) is 4.79 Å². The Kier molecular flexibility index (Phi) is 7.50. The van der Waals surface area contributed by atoms with Gasteiger partial charge in [-0.3, -0.25) is 0 Å². The molecule has 1 aliphatic heterocycles. The standard InChI is InChI=1S/C18H34N2O2/c1-3-4-8-16-11-17(14-20(13-16)18(21)22-2)19-12-15-9-6-5-7-10-15/h15-17,19H,3-14H2,1-2H3. The quantitative estimate of drug-likeness (QED) is 0.811. The molecule has 2 aliphatic rings. The summed E-state index contributed by atoms with van der Waals surface area (Å²) in [4.78, 5) is 13.8. The first-order valence-corrected chi connectivity index (χ1v) is 9.29. The Balaban J connectivity index is 1.82. The highest BCUT2D eigenvalue weighted by Crippen LogP contribution is 2.25. The minimum absolute atomic E-state index is 0.161. The summed E-state index contributed by atoms with van der Waals surface area (Å²) in [5.74, 6) is 1.47. The van der Waals surface area contributed by atoms with Gasteiger partial charge in [0.1, 0.15) is 0 Å². The highest BCUT2D eigenvalue weighted by atomic mass is 16.5. The van der Waals surface area contributed by atoms with E-state index in [2.05, 4.69) is 12.2 Å². The molecule has 1 amide bonds. The number of piperidine rings is 1. The molecule has 1 saturated heterocycles. The van der Waals surface area contributed by atoms with Crippen molar-refractivity contribution in [2.45, 2.75) is 70.8 Å². The Labute approximate surface area is 136 Å². The maximum Gasteiger partial charge on any atom is 0.409 e. The monoisotopic (exact) mass is 310 g/mol. The van der Waals surface area contributed by atoms with Gasteiger partial charge in [-0.2, -0.15) is 0 Å². The molecule has 0 aromatic carbocycles. The van der Waals surface area contributed by atoms with Crippen molar-refractivity contribution in [1.29, 1.82) is 0 Å². The van der Waals surface area contributed by atoms with Crippen molar-refractivity contribution in [3.05, 3.63) is 0 Å². The van der Waals surface area contributed by atoms with Crippen molar-refractivity contribution in [2.24, 2.45) is 11.8 Å². The molecular weight excluding hydrogens is 276 g/mol. The minimum Gasteiger partial charge on any atom is -0.453 e. The summed E-state index contributed by atoms with van der Waals surface area (Å²) in [5.41, 5.74) is 0. The van der Waals surface area contributed by atoms with Gasteiger partial charge in [0.05, 0.1) is 7.11 Å². The second-order valence-corrected chi connectivity index (χ2v) is 7.23. The van der Waals surface area contributed by atoms with Crippen LogP contribution in [0.1, 0.15) is 64.7 Å². The predicted molar refractivity (Wildman–Crippen MR) is 90.0 cm³/mol. The first-order chi connectivity index (χ1) is 10.7. The summed E-state index contributed by atoms with van der Waals surface area (Å²) >= 11 is 0. The summed E-state index contributed by atoms with van der Waals surface area (Å²) in [6.45, 7) is 5.04. The molecule has 128 valence electrons. The van der Waals surface area contributed by atoms with Gasteiger partial charge in [-0.15, -0.1) is 0 Å². The van der Waals surface area contributed by atoms with Crippen LogP contribution in [-0.2, 0) is 4.74 Å². The molecule has 1 heterocycles. The Bertz CT molecular complexity index is 329. The van der Waals surface area contributed by atoms with Crippen LogP contribution in [0.2, 0.25) is 0 Å². The fraction of sp³-hybridized carbons (Fsp3) is 0.944. The lowest BCUT2D eigenvalue weighted by molar-refractivity contribution is 0.0875. The lowest BCUT2D eigenvalue weighted by atomic mass is 9.87. The van der Waals surface area contributed by atoms with Gasteiger partial charge >= 0.3 is 6.09 Å². The number of amides is 1. The van der Waals surface area contributed by atoms with E-state index < -0.39 is 0 Å². The average Bonchev–Trinajstić information content (AvgIpc) is 2.58. The third kappa shape index (κ3) is 5.45. The Morgan fingerprint density at radius 1 is 1.18 bits per heavy atom. The second-order valence-electron chi connectivity index (χ2n) is 7.23. The maximum absolute atomic E-state index is 11.9. The zero-order valence-corrected chi connectivity index (χ0v) is 14.5. The maximum atomic E-state index is 11.9. The van der Waals surface area contributed by atoms with Crippen LogP contribution in [0.5, 0.6) is 0 Å². The number of nitrogens with zero attached hydrogens (tertiary/aromatic N) is 1. The summed E-state index contributed by atoms with van der Waals surface area (Å²) < 4.78 is 4.94. The van der Waals surface area contributed by atoms with Crippen molar-refractivity contribution in [3.63, 3.8) is 0 Å². The zero-order chi connectivity index (χ0) is 15.8. The fourth-order valence-corrected chi connectivity index (χ4v) is 4.06. The van der Waals surface area contributed by atoms with Crippen LogP contribution in [0.25, 0.3) is 0 Å². The molecule has 22 heavy (non-hydrogen) atoms. The van der Waals surface area contributed by atoms with E-state index in [1.54, 1.807) is 0 Å². The molecule has 0 bridgehead atoms. The molecule has 1 saturated carbocycles. The van der Waals surface area contributed by atoms with Crippen LogP contribution in [0.15, 0.2) is 0 Å². The molecule has 2 fully saturated rings. The van der Waals surface area contributed by atoms with Gasteiger partial charge < -0.3 is 15.0 Å². The van der Waals surface area contributed by atoms with E-state index in [0.29, 0.717) is 12.0 Å². The van der Waals surface area contributed by atoms with Crippen LogP contribution in [-0.4, -0.2) is 43.8 Å². The molecule has 4 heteroatoms. The summed E-state index contributed by atoms with van der Waals surface area (Å²) in [7, 11) is 1.49. The van der Waals surface area contributed by atoms with Crippen molar-refractivity contribution in [1.82, 2.24) is 10.2 Å². The molecule has 1 aliphatic carbocycles. The van der Waals surface area contributed by atoms with Crippen LogP contribution in [0.3, 0.4) is 0 Å². The second kappa shape index (κ2) is 9.39. The van der Waals surface area contributed by atoms with Gasteiger partial charge in [-0.05, 0) is 44.1 Å². The molecule has 2 unspecified atom stereocenters. The molecule has 0 aromatic heterocycles. The highest BCUT2D eigenvalue weighted by molar-refractivity contribution is 5.67. The summed E-state index contributed by atoms with van der Waals surface area (Å²) in [6, 6.07) is 0.441. The van der Waals surface area contributed by atoms with Gasteiger partial charge in [-0.25, -0.2) is 4.79 Å². The van der Waals surface area contributed by atoms with Gasteiger partial charge in [0, 0.05) is 19.1 Å². The lowest BCUT2D eigenvalue weighted by Crippen LogP contribution is -2.52. The molecule has 1 N–H and O–H groups in total. The topological polar surface area (TPSA) is 41.6 Å². The number of ether oxygens (including phenoxy) is 1. The van der Waals surface area contributed by atoms with E-state index in [1.807, 2.05) is 4.90 Å². The Morgan fingerprint density at radius 2 is 1.95 bits per heavy atom. The third-order valence-electron chi connectivity index (χ3n) is 5.36. The number of nitrogens with one attached hydrogen (secondary N) is 1. The number of hydrogen-bond acceptors (Lipinski definition) is 3. The van der Waals surface area contributed by atoms with Gasteiger partial charge in [-0.1, -0.05) is 39.0 Å². The molecule has 0 spiro atoms.